The van der Waals surface area contributed by atoms with Crippen LogP contribution in [0.2, 0.25) is 0 Å². The second-order valence-electron chi connectivity index (χ2n) is 9.53. The Kier molecular flexibility index (Phi) is 6.14. The zero-order chi connectivity index (χ0) is 24.9. The minimum Gasteiger partial charge on any atom is -0.363 e. The van der Waals surface area contributed by atoms with E-state index in [0.29, 0.717) is 23.7 Å². The van der Waals surface area contributed by atoms with Crippen LogP contribution < -0.4 is 14.5 Å². The molecule has 184 valence electrons. The van der Waals surface area contributed by atoms with Crippen molar-refractivity contribution in [1.29, 1.82) is 0 Å². The molecule has 1 atom stereocenters. The van der Waals surface area contributed by atoms with Gasteiger partial charge in [0, 0.05) is 38.7 Å². The largest absolute Gasteiger partial charge is 0.363 e. The van der Waals surface area contributed by atoms with Gasteiger partial charge < -0.3 is 4.90 Å². The van der Waals surface area contributed by atoms with Crippen molar-refractivity contribution in [3.05, 3.63) is 53.2 Å². The van der Waals surface area contributed by atoms with Crippen LogP contribution in [0.1, 0.15) is 29.7 Å². The van der Waals surface area contributed by atoms with Crippen LogP contribution >= 0.6 is 11.3 Å². The van der Waals surface area contributed by atoms with Crippen LogP contribution in [0.5, 0.6) is 0 Å². The number of benzene rings is 1. The number of nitrogens with zero attached hydrogens (tertiary/aromatic N) is 4. The number of thiazole rings is 1. The van der Waals surface area contributed by atoms with E-state index in [1.165, 1.54) is 4.90 Å². The standard InChI is InChI=1S/C25H29N5O3S2/c1-15-24(35(32,33)28-20-10-11-20)34-25(26-15)30(4)23(31)19-12-16-8-9-17(13-18(16)14-19)21-6-5-7-22(27-21)29(2)3/h5-9,13,19-20,28H,10-12,14H2,1-4H3. The fourth-order valence-electron chi connectivity index (χ4n) is 4.39. The first-order valence-corrected chi connectivity index (χ1v) is 14.0. The third-order valence-corrected chi connectivity index (χ3v) is 9.84. The molecule has 5 rings (SSSR count). The molecule has 1 fully saturated rings. The van der Waals surface area contributed by atoms with E-state index in [2.05, 4.69) is 27.9 Å². The SMILES string of the molecule is Cc1nc(N(C)C(=O)C2Cc3ccc(-c4cccc(N(C)C)n4)cc3C2)sc1S(=O)(=O)NC1CC1. The number of carbonyl (C=O) groups is 1. The second-order valence-corrected chi connectivity index (χ2v) is 12.4. The molecule has 0 radical (unpaired) electrons. The van der Waals surface area contributed by atoms with E-state index in [1.54, 1.807) is 14.0 Å². The minimum atomic E-state index is -3.61. The molecule has 3 aromatic rings. The number of anilines is 2. The maximum Gasteiger partial charge on any atom is 0.252 e. The fraction of sp³-hybridized carbons (Fsp3) is 0.400. The molecule has 1 unspecified atom stereocenters. The first-order valence-electron chi connectivity index (χ1n) is 11.7. The van der Waals surface area contributed by atoms with Gasteiger partial charge in [0.2, 0.25) is 5.91 Å². The molecule has 0 saturated heterocycles. The third-order valence-electron chi connectivity index (χ3n) is 6.48. The Bertz CT molecular complexity index is 1400. The summed E-state index contributed by atoms with van der Waals surface area (Å²) in [5.74, 6) is 0.633. The van der Waals surface area contributed by atoms with E-state index in [1.807, 2.05) is 37.2 Å². The van der Waals surface area contributed by atoms with E-state index in [0.717, 1.165) is 52.4 Å². The molecule has 2 heterocycles. The number of pyridine rings is 1. The lowest BCUT2D eigenvalue weighted by atomic mass is 10.0. The summed E-state index contributed by atoms with van der Waals surface area (Å²) < 4.78 is 28.2. The van der Waals surface area contributed by atoms with Gasteiger partial charge in [0.1, 0.15) is 5.82 Å². The summed E-state index contributed by atoms with van der Waals surface area (Å²) in [6, 6.07) is 12.3. The van der Waals surface area contributed by atoms with Crippen molar-refractivity contribution in [1.82, 2.24) is 14.7 Å². The Labute approximate surface area is 210 Å². The number of sulfonamides is 1. The predicted molar refractivity (Wildman–Crippen MR) is 139 cm³/mol. The highest BCUT2D eigenvalue weighted by atomic mass is 32.2. The summed E-state index contributed by atoms with van der Waals surface area (Å²) in [5.41, 5.74) is 4.67. The molecular weight excluding hydrogens is 482 g/mol. The molecule has 2 aliphatic carbocycles. The van der Waals surface area contributed by atoms with E-state index in [4.69, 9.17) is 4.98 Å². The molecule has 1 saturated carbocycles. The molecule has 2 aliphatic rings. The van der Waals surface area contributed by atoms with Gasteiger partial charge in [-0.1, -0.05) is 29.5 Å². The average Bonchev–Trinajstić information content (AvgIpc) is 3.37. The van der Waals surface area contributed by atoms with Crippen LogP contribution in [0.15, 0.2) is 40.6 Å². The third kappa shape index (κ3) is 4.82. The molecule has 0 aliphatic heterocycles. The van der Waals surface area contributed by atoms with E-state index in [-0.39, 0.29) is 22.1 Å². The molecule has 2 aromatic heterocycles. The number of aromatic nitrogens is 2. The van der Waals surface area contributed by atoms with E-state index >= 15 is 0 Å². The molecule has 0 spiro atoms. The van der Waals surface area contributed by atoms with E-state index < -0.39 is 10.0 Å². The quantitative estimate of drug-likeness (QED) is 0.522. The molecule has 10 heteroatoms. The van der Waals surface area contributed by atoms with Crippen molar-refractivity contribution < 1.29 is 13.2 Å². The zero-order valence-electron chi connectivity index (χ0n) is 20.3. The second kappa shape index (κ2) is 9.00. The summed E-state index contributed by atoms with van der Waals surface area (Å²) in [5, 5.41) is 0.407. The lowest BCUT2D eigenvalue weighted by Gasteiger charge is -2.18. The summed E-state index contributed by atoms with van der Waals surface area (Å²) in [6.07, 6.45) is 3.02. The Morgan fingerprint density at radius 1 is 1.06 bits per heavy atom. The van der Waals surface area contributed by atoms with Crippen LogP contribution in [0.25, 0.3) is 11.3 Å². The Morgan fingerprint density at radius 3 is 2.51 bits per heavy atom. The Balaban J connectivity index is 1.32. The van der Waals surface area contributed by atoms with Crippen LogP contribution in [-0.4, -0.2) is 51.5 Å². The fourth-order valence-corrected chi connectivity index (χ4v) is 7.18. The predicted octanol–water partition coefficient (Wildman–Crippen LogP) is 3.40. The van der Waals surface area contributed by atoms with Crippen molar-refractivity contribution in [2.75, 3.05) is 30.9 Å². The van der Waals surface area contributed by atoms with E-state index in [9.17, 15) is 13.2 Å². The molecule has 35 heavy (non-hydrogen) atoms. The number of carbonyl (C=O) groups excluding carboxylic acids is 1. The smallest absolute Gasteiger partial charge is 0.252 e. The summed E-state index contributed by atoms with van der Waals surface area (Å²) in [6.45, 7) is 1.67. The molecule has 0 bridgehead atoms. The molecule has 1 N–H and O–H groups in total. The van der Waals surface area contributed by atoms with Crippen LogP contribution in [-0.2, 0) is 27.7 Å². The number of nitrogens with one attached hydrogen (secondary N) is 1. The number of rotatable bonds is 7. The summed E-state index contributed by atoms with van der Waals surface area (Å²) >= 11 is 1.05. The number of hydrogen-bond donors (Lipinski definition) is 1. The number of aryl methyl sites for hydroxylation is 1. The van der Waals surface area contributed by atoms with Gasteiger partial charge >= 0.3 is 0 Å². The highest BCUT2D eigenvalue weighted by molar-refractivity contribution is 7.91. The van der Waals surface area contributed by atoms with Crippen LogP contribution in [0.4, 0.5) is 10.9 Å². The van der Waals surface area contributed by atoms with Gasteiger partial charge in [-0.05, 0) is 61.9 Å². The van der Waals surface area contributed by atoms with Crippen molar-refractivity contribution in [3.63, 3.8) is 0 Å². The highest BCUT2D eigenvalue weighted by Crippen LogP contribution is 2.35. The Morgan fingerprint density at radius 2 is 1.80 bits per heavy atom. The van der Waals surface area contributed by atoms with Crippen molar-refractivity contribution >= 4 is 38.2 Å². The van der Waals surface area contributed by atoms with Gasteiger partial charge in [0.05, 0.1) is 11.4 Å². The summed E-state index contributed by atoms with van der Waals surface area (Å²) in [7, 11) is 2.00. The Hall–Kier alpha value is -2.82. The van der Waals surface area contributed by atoms with Gasteiger partial charge in [-0.15, -0.1) is 0 Å². The van der Waals surface area contributed by atoms with Crippen LogP contribution in [0.3, 0.4) is 0 Å². The number of amides is 1. The van der Waals surface area contributed by atoms with Crippen molar-refractivity contribution in [3.8, 4) is 11.3 Å². The number of hydrogen-bond acceptors (Lipinski definition) is 7. The molecule has 1 aromatic carbocycles. The van der Waals surface area contributed by atoms with Gasteiger partial charge in [0.25, 0.3) is 10.0 Å². The van der Waals surface area contributed by atoms with Crippen molar-refractivity contribution in [2.45, 2.75) is 42.9 Å². The molecule has 1 amide bonds. The van der Waals surface area contributed by atoms with Crippen LogP contribution in [0, 0.1) is 12.8 Å². The first kappa shape index (κ1) is 23.9. The highest BCUT2D eigenvalue weighted by Gasteiger charge is 2.34. The van der Waals surface area contributed by atoms with Gasteiger partial charge in [-0.2, -0.15) is 0 Å². The van der Waals surface area contributed by atoms with Gasteiger partial charge in [0.15, 0.2) is 9.34 Å². The van der Waals surface area contributed by atoms with Crippen molar-refractivity contribution in [2.24, 2.45) is 5.92 Å². The monoisotopic (exact) mass is 511 g/mol. The van der Waals surface area contributed by atoms with Gasteiger partial charge in [-0.25, -0.2) is 23.1 Å². The first-order chi connectivity index (χ1) is 16.6. The molecule has 8 nitrogen and oxygen atoms in total. The summed E-state index contributed by atoms with van der Waals surface area (Å²) in [4.78, 5) is 26.0. The molecular formula is C25H29N5O3S2. The maximum absolute atomic E-state index is 13.4. The lowest BCUT2D eigenvalue weighted by Crippen LogP contribution is -2.33. The average molecular weight is 512 g/mol. The minimum absolute atomic E-state index is 0.0201. The normalized spacial score (nSPS) is 17.3. The topological polar surface area (TPSA) is 95.5 Å². The number of fused-ring (bicyclic) bond motifs is 1. The lowest BCUT2D eigenvalue weighted by molar-refractivity contribution is -0.121. The zero-order valence-corrected chi connectivity index (χ0v) is 21.9. The van der Waals surface area contributed by atoms with Gasteiger partial charge in [-0.3, -0.25) is 9.69 Å². The maximum atomic E-state index is 13.4.